The van der Waals surface area contributed by atoms with Crippen molar-refractivity contribution in [3.05, 3.63) is 39.1 Å². The van der Waals surface area contributed by atoms with Gasteiger partial charge in [0.1, 0.15) is 5.69 Å². The van der Waals surface area contributed by atoms with Crippen molar-refractivity contribution >= 4 is 39.8 Å². The highest BCUT2D eigenvalue weighted by Gasteiger charge is 2.15. The molecule has 2 aromatic heterocycles. The van der Waals surface area contributed by atoms with Crippen molar-refractivity contribution in [3.8, 4) is 0 Å². The largest absolute Gasteiger partial charge is 0.466 e. The maximum atomic E-state index is 12.7. The lowest BCUT2D eigenvalue weighted by atomic mass is 10.2. The van der Waals surface area contributed by atoms with E-state index >= 15 is 0 Å². The summed E-state index contributed by atoms with van der Waals surface area (Å²) in [5.41, 5.74) is 1.78. The Kier molecular flexibility index (Phi) is 4.94. The first-order valence-corrected chi connectivity index (χ1v) is 8.44. The van der Waals surface area contributed by atoms with Gasteiger partial charge in [0, 0.05) is 18.0 Å². The molecule has 0 atom stereocenters. The summed E-state index contributed by atoms with van der Waals surface area (Å²) in [6.07, 6.45) is 0.293. The molecule has 0 aliphatic heterocycles. The maximum absolute atomic E-state index is 12.7. The number of aromatic nitrogens is 4. The third-order valence-corrected chi connectivity index (χ3v) is 3.98. The summed E-state index contributed by atoms with van der Waals surface area (Å²) < 4.78 is 6.52. The quantitative estimate of drug-likeness (QED) is 0.513. The van der Waals surface area contributed by atoms with Crippen molar-refractivity contribution < 1.29 is 9.53 Å². The summed E-state index contributed by atoms with van der Waals surface area (Å²) in [6, 6.07) is 5.14. The number of hydrogen-bond donors (Lipinski definition) is 0. The molecule has 130 valence electrons. The van der Waals surface area contributed by atoms with E-state index in [1.54, 1.807) is 29.8 Å². The number of fused-ring (bicyclic) bond motifs is 2. The fourth-order valence-electron chi connectivity index (χ4n) is 2.56. The van der Waals surface area contributed by atoms with Gasteiger partial charge in [-0.05, 0) is 32.0 Å². The fourth-order valence-corrected chi connectivity index (χ4v) is 2.73. The van der Waals surface area contributed by atoms with E-state index in [0.717, 1.165) is 0 Å². The fraction of sp³-hybridized carbons (Fsp3) is 0.353. The van der Waals surface area contributed by atoms with Gasteiger partial charge < -0.3 is 4.74 Å². The molecule has 1 aromatic carbocycles. The molecule has 0 saturated carbocycles. The molecule has 0 fully saturated rings. The maximum Gasteiger partial charge on any atom is 0.306 e. The van der Waals surface area contributed by atoms with Gasteiger partial charge in [-0.3, -0.25) is 9.59 Å². The van der Waals surface area contributed by atoms with Crippen molar-refractivity contribution in [2.24, 2.45) is 0 Å². The van der Waals surface area contributed by atoms with E-state index in [0.29, 0.717) is 34.9 Å². The lowest BCUT2D eigenvalue weighted by Gasteiger charge is -2.10. The van der Waals surface area contributed by atoms with Gasteiger partial charge in [-0.1, -0.05) is 11.6 Å². The number of aryl methyl sites for hydroxylation is 2. The van der Waals surface area contributed by atoms with Crippen LogP contribution in [0.2, 0.25) is 5.02 Å². The summed E-state index contributed by atoms with van der Waals surface area (Å²) in [5.74, 6) is -0.358. The van der Waals surface area contributed by atoms with E-state index in [4.69, 9.17) is 16.3 Å². The number of ether oxygens (including phenoxy) is 1. The first-order valence-electron chi connectivity index (χ1n) is 8.06. The zero-order valence-corrected chi connectivity index (χ0v) is 14.7. The number of carbonyl (C=O) groups is 1. The number of benzene rings is 1. The van der Waals surface area contributed by atoms with Gasteiger partial charge in [0.05, 0.1) is 24.1 Å². The van der Waals surface area contributed by atoms with E-state index < -0.39 is 0 Å². The second-order valence-corrected chi connectivity index (χ2v) is 5.86. The van der Waals surface area contributed by atoms with Gasteiger partial charge in [-0.2, -0.15) is 5.10 Å². The van der Waals surface area contributed by atoms with Crippen LogP contribution in [0, 0.1) is 0 Å². The monoisotopic (exact) mass is 360 g/mol. The zero-order chi connectivity index (χ0) is 18.0. The van der Waals surface area contributed by atoms with Gasteiger partial charge in [0.15, 0.2) is 11.2 Å². The standard InChI is InChI=1S/C17H17ClN4O3/c1-3-22-17-15(19-13-9-10(18)5-6-11(13)20-17)16(24)12(21-22)7-8-14(23)25-4-2/h5-6,9H,3-4,7-8H2,1-2H3. The summed E-state index contributed by atoms with van der Waals surface area (Å²) in [7, 11) is 0. The van der Waals surface area contributed by atoms with Crippen molar-refractivity contribution in [2.45, 2.75) is 33.2 Å². The number of halogens is 1. The highest BCUT2D eigenvalue weighted by molar-refractivity contribution is 6.31. The van der Waals surface area contributed by atoms with Crippen LogP contribution < -0.4 is 5.43 Å². The smallest absolute Gasteiger partial charge is 0.306 e. The van der Waals surface area contributed by atoms with E-state index in [2.05, 4.69) is 15.1 Å². The number of hydrogen-bond acceptors (Lipinski definition) is 6. The lowest BCUT2D eigenvalue weighted by molar-refractivity contribution is -0.143. The molecule has 0 unspecified atom stereocenters. The van der Waals surface area contributed by atoms with E-state index in [1.165, 1.54) is 0 Å². The summed E-state index contributed by atoms with van der Waals surface area (Å²) >= 11 is 6.00. The third-order valence-electron chi connectivity index (χ3n) is 3.74. The Labute approximate surface area is 148 Å². The number of nitrogens with zero attached hydrogens (tertiary/aromatic N) is 4. The first-order chi connectivity index (χ1) is 12.0. The van der Waals surface area contributed by atoms with Gasteiger partial charge in [-0.15, -0.1) is 0 Å². The van der Waals surface area contributed by atoms with Crippen LogP contribution in [0.5, 0.6) is 0 Å². The molecule has 0 amide bonds. The zero-order valence-electron chi connectivity index (χ0n) is 14.0. The molecule has 0 saturated heterocycles. The molecular formula is C17H17ClN4O3. The Balaban J connectivity index is 2.13. The topological polar surface area (TPSA) is 87.0 Å². The van der Waals surface area contributed by atoms with Crippen LogP contribution in [0.15, 0.2) is 23.0 Å². The molecule has 25 heavy (non-hydrogen) atoms. The summed E-state index contributed by atoms with van der Waals surface area (Å²) in [5, 5.41) is 4.87. The average molecular weight is 361 g/mol. The van der Waals surface area contributed by atoms with Crippen LogP contribution in [0.1, 0.15) is 26.0 Å². The Morgan fingerprint density at radius 1 is 1.24 bits per heavy atom. The Morgan fingerprint density at radius 3 is 2.76 bits per heavy atom. The molecule has 8 heteroatoms. The minimum Gasteiger partial charge on any atom is -0.466 e. The van der Waals surface area contributed by atoms with Gasteiger partial charge >= 0.3 is 5.97 Å². The molecular weight excluding hydrogens is 344 g/mol. The molecule has 0 bridgehead atoms. The summed E-state index contributed by atoms with van der Waals surface area (Å²) in [4.78, 5) is 33.2. The number of rotatable bonds is 5. The third kappa shape index (κ3) is 3.46. The highest BCUT2D eigenvalue weighted by atomic mass is 35.5. The second-order valence-electron chi connectivity index (χ2n) is 5.43. The first kappa shape index (κ1) is 17.3. The number of carbonyl (C=O) groups excluding carboxylic acids is 1. The molecule has 0 aliphatic rings. The summed E-state index contributed by atoms with van der Waals surface area (Å²) in [6.45, 7) is 4.47. The molecule has 0 spiro atoms. The Bertz CT molecular complexity index is 1020. The van der Waals surface area contributed by atoms with Crippen LogP contribution in [-0.4, -0.2) is 32.3 Å². The van der Waals surface area contributed by atoms with Crippen molar-refractivity contribution in [1.29, 1.82) is 0 Å². The van der Waals surface area contributed by atoms with Gasteiger partial charge in [0.25, 0.3) is 0 Å². The van der Waals surface area contributed by atoms with Crippen LogP contribution in [-0.2, 0) is 22.5 Å². The second kappa shape index (κ2) is 7.14. The molecule has 2 heterocycles. The lowest BCUT2D eigenvalue weighted by Crippen LogP contribution is -2.22. The average Bonchev–Trinajstić information content (AvgIpc) is 2.60. The van der Waals surface area contributed by atoms with Crippen molar-refractivity contribution in [2.75, 3.05) is 6.61 Å². The number of esters is 1. The van der Waals surface area contributed by atoms with E-state index in [1.807, 2.05) is 6.92 Å². The van der Waals surface area contributed by atoms with Crippen LogP contribution in [0.3, 0.4) is 0 Å². The predicted octanol–water partition coefficient (Wildman–Crippen LogP) is 2.51. The Hall–Kier alpha value is -2.54. The minimum absolute atomic E-state index is 0.0954. The Morgan fingerprint density at radius 2 is 2.04 bits per heavy atom. The normalized spacial score (nSPS) is 11.2. The predicted molar refractivity (Wildman–Crippen MR) is 94.7 cm³/mol. The van der Waals surface area contributed by atoms with E-state index in [9.17, 15) is 9.59 Å². The molecule has 0 aliphatic carbocycles. The minimum atomic E-state index is -0.358. The molecule has 7 nitrogen and oxygen atoms in total. The van der Waals surface area contributed by atoms with Crippen LogP contribution >= 0.6 is 11.6 Å². The molecule has 0 radical (unpaired) electrons. The molecule has 3 rings (SSSR count). The van der Waals surface area contributed by atoms with Crippen molar-refractivity contribution in [1.82, 2.24) is 19.7 Å². The molecule has 0 N–H and O–H groups in total. The van der Waals surface area contributed by atoms with Gasteiger partial charge in [0.2, 0.25) is 5.43 Å². The SMILES string of the molecule is CCOC(=O)CCc1nn(CC)c2nc3ccc(Cl)cc3nc2c1=O. The van der Waals surface area contributed by atoms with E-state index in [-0.39, 0.29) is 35.5 Å². The van der Waals surface area contributed by atoms with Crippen molar-refractivity contribution in [3.63, 3.8) is 0 Å². The van der Waals surface area contributed by atoms with Gasteiger partial charge in [-0.25, -0.2) is 14.6 Å². The van der Waals surface area contributed by atoms with Crippen LogP contribution in [0.25, 0.3) is 22.2 Å². The van der Waals surface area contributed by atoms with Crippen LogP contribution in [0.4, 0.5) is 0 Å². The highest BCUT2D eigenvalue weighted by Crippen LogP contribution is 2.18. The molecule has 3 aromatic rings.